The summed E-state index contributed by atoms with van der Waals surface area (Å²) >= 11 is 0. The molecule has 1 aromatic heterocycles. The molecule has 4 rings (SSSR count). The Morgan fingerprint density at radius 2 is 1.96 bits per heavy atom. The molecular formula is C21H16N2O5. The number of hydrogen-bond acceptors (Lipinski definition) is 7. The molecule has 0 saturated heterocycles. The van der Waals surface area contributed by atoms with Crippen LogP contribution in [0.2, 0.25) is 0 Å². The van der Waals surface area contributed by atoms with Crippen molar-refractivity contribution in [2.45, 2.75) is 12.8 Å². The summed E-state index contributed by atoms with van der Waals surface area (Å²) in [6, 6.07) is 11.9. The highest BCUT2D eigenvalue weighted by atomic mass is 16.5. The minimum atomic E-state index is -0.643. The number of phenolic OH excluding ortho intramolecular Hbond substituents is 1. The Balaban J connectivity index is 2.06. The standard InChI is InChI=1S/C21H16N2O5/c1-10-7-16(25)27-15-8-14(24)19-18(11-3-5-12(26-2)6-4-11)13(9-22)21(23)28-20(19)17(10)15/h3-8,18,24H,23H2,1-2H3/t18-/m1/s1. The van der Waals surface area contributed by atoms with E-state index in [1.807, 2.05) is 0 Å². The maximum atomic E-state index is 11.7. The first-order valence-electron chi connectivity index (χ1n) is 8.46. The summed E-state index contributed by atoms with van der Waals surface area (Å²) in [5.74, 6) is 0.0708. The Morgan fingerprint density at radius 3 is 2.61 bits per heavy atom. The van der Waals surface area contributed by atoms with Crippen molar-refractivity contribution in [1.82, 2.24) is 0 Å². The molecule has 140 valence electrons. The monoisotopic (exact) mass is 376 g/mol. The van der Waals surface area contributed by atoms with Crippen molar-refractivity contribution in [3.8, 4) is 23.3 Å². The van der Waals surface area contributed by atoms with Gasteiger partial charge in [-0.3, -0.25) is 0 Å². The van der Waals surface area contributed by atoms with Crippen molar-refractivity contribution in [3.05, 3.63) is 75.0 Å². The number of ether oxygens (including phenoxy) is 2. The molecule has 3 N–H and O–H groups in total. The molecular weight excluding hydrogens is 360 g/mol. The van der Waals surface area contributed by atoms with E-state index in [9.17, 15) is 15.2 Å². The molecule has 0 radical (unpaired) electrons. The molecule has 0 bridgehead atoms. The Hall–Kier alpha value is -3.92. The van der Waals surface area contributed by atoms with E-state index in [-0.39, 0.29) is 28.5 Å². The van der Waals surface area contributed by atoms with Gasteiger partial charge in [0, 0.05) is 12.1 Å². The lowest BCUT2D eigenvalue weighted by Gasteiger charge is -2.28. The SMILES string of the molecule is COc1ccc([C@@H]2C(C#N)=C(N)Oc3c2c(O)cc2oc(=O)cc(C)c32)cc1. The van der Waals surface area contributed by atoms with Crippen LogP contribution in [0, 0.1) is 18.3 Å². The zero-order chi connectivity index (χ0) is 20.0. The van der Waals surface area contributed by atoms with Crippen molar-refractivity contribution in [2.24, 2.45) is 5.73 Å². The minimum absolute atomic E-state index is 0.0617. The summed E-state index contributed by atoms with van der Waals surface area (Å²) in [5.41, 5.74) is 7.61. The Kier molecular flexibility index (Phi) is 3.97. The topological polar surface area (TPSA) is 119 Å². The Bertz CT molecular complexity index is 1230. The number of allylic oxidation sites excluding steroid dienone is 1. The number of rotatable bonds is 2. The highest BCUT2D eigenvalue weighted by molar-refractivity contribution is 5.91. The molecule has 0 fully saturated rings. The highest BCUT2D eigenvalue weighted by Gasteiger charge is 2.35. The van der Waals surface area contributed by atoms with Crippen LogP contribution in [0.25, 0.3) is 11.0 Å². The third-order valence-corrected chi connectivity index (χ3v) is 4.83. The third kappa shape index (κ3) is 2.55. The molecule has 7 nitrogen and oxygen atoms in total. The van der Waals surface area contributed by atoms with Crippen LogP contribution >= 0.6 is 0 Å². The molecule has 1 aliphatic rings. The van der Waals surface area contributed by atoms with Gasteiger partial charge in [-0.25, -0.2) is 4.79 Å². The predicted octanol–water partition coefficient (Wildman–Crippen LogP) is 3.03. The number of nitrogens with two attached hydrogens (primary N) is 1. The van der Waals surface area contributed by atoms with Gasteiger partial charge in [0.15, 0.2) is 0 Å². The average molecular weight is 376 g/mol. The lowest BCUT2D eigenvalue weighted by molar-refractivity contribution is 0.385. The van der Waals surface area contributed by atoms with E-state index in [0.29, 0.717) is 22.3 Å². The van der Waals surface area contributed by atoms with Crippen LogP contribution in [0.4, 0.5) is 0 Å². The molecule has 2 heterocycles. The first-order valence-corrected chi connectivity index (χ1v) is 8.46. The number of nitrogens with zero attached hydrogens (tertiary/aromatic N) is 1. The van der Waals surface area contributed by atoms with Crippen molar-refractivity contribution in [3.63, 3.8) is 0 Å². The lowest BCUT2D eigenvalue weighted by Crippen LogP contribution is -2.21. The highest BCUT2D eigenvalue weighted by Crippen LogP contribution is 2.50. The number of methoxy groups -OCH3 is 1. The van der Waals surface area contributed by atoms with Crippen LogP contribution in [0.5, 0.6) is 17.2 Å². The van der Waals surface area contributed by atoms with Gasteiger partial charge in [0.2, 0.25) is 5.88 Å². The predicted molar refractivity (Wildman–Crippen MR) is 101 cm³/mol. The zero-order valence-corrected chi connectivity index (χ0v) is 15.1. The fourth-order valence-corrected chi connectivity index (χ4v) is 3.56. The molecule has 0 saturated carbocycles. The molecule has 1 atom stereocenters. The lowest BCUT2D eigenvalue weighted by atomic mass is 9.82. The summed E-state index contributed by atoms with van der Waals surface area (Å²) in [5, 5.41) is 20.9. The minimum Gasteiger partial charge on any atom is -0.507 e. The number of hydrogen-bond donors (Lipinski definition) is 2. The molecule has 1 aliphatic heterocycles. The van der Waals surface area contributed by atoms with Crippen LogP contribution in [-0.2, 0) is 0 Å². The van der Waals surface area contributed by atoms with E-state index in [4.69, 9.17) is 19.6 Å². The number of nitriles is 1. The van der Waals surface area contributed by atoms with Gasteiger partial charge in [0.1, 0.15) is 34.5 Å². The number of benzene rings is 2. The van der Waals surface area contributed by atoms with Gasteiger partial charge in [-0.1, -0.05) is 12.1 Å². The summed E-state index contributed by atoms with van der Waals surface area (Å²) in [6.07, 6.45) is 0. The van der Waals surface area contributed by atoms with Gasteiger partial charge in [-0.2, -0.15) is 5.26 Å². The third-order valence-electron chi connectivity index (χ3n) is 4.83. The van der Waals surface area contributed by atoms with Crippen molar-refractivity contribution >= 4 is 11.0 Å². The quantitative estimate of drug-likeness (QED) is 0.660. The zero-order valence-electron chi connectivity index (χ0n) is 15.1. The van der Waals surface area contributed by atoms with Crippen LogP contribution in [-0.4, -0.2) is 12.2 Å². The number of phenols is 1. The van der Waals surface area contributed by atoms with Gasteiger partial charge in [0.25, 0.3) is 0 Å². The van der Waals surface area contributed by atoms with Crippen molar-refractivity contribution in [1.29, 1.82) is 5.26 Å². The largest absolute Gasteiger partial charge is 0.507 e. The fraction of sp³-hybridized carbons (Fsp3) is 0.143. The maximum absolute atomic E-state index is 11.7. The fourth-order valence-electron chi connectivity index (χ4n) is 3.56. The van der Waals surface area contributed by atoms with Gasteiger partial charge < -0.3 is 24.7 Å². The molecule has 0 spiro atoms. The average Bonchev–Trinajstić information content (AvgIpc) is 2.66. The molecule has 3 aromatic rings. The van der Waals surface area contributed by atoms with Crippen molar-refractivity contribution in [2.75, 3.05) is 7.11 Å². The van der Waals surface area contributed by atoms with Crippen molar-refractivity contribution < 1.29 is 19.0 Å². The van der Waals surface area contributed by atoms with E-state index in [1.54, 1.807) is 38.3 Å². The molecule has 7 heteroatoms. The molecule has 0 unspecified atom stereocenters. The smallest absolute Gasteiger partial charge is 0.336 e. The van der Waals surface area contributed by atoms with Gasteiger partial charge in [-0.15, -0.1) is 0 Å². The summed E-state index contributed by atoms with van der Waals surface area (Å²) in [7, 11) is 1.56. The van der Waals surface area contributed by atoms with Crippen LogP contribution in [0.3, 0.4) is 0 Å². The summed E-state index contributed by atoms with van der Waals surface area (Å²) in [4.78, 5) is 11.7. The molecule has 28 heavy (non-hydrogen) atoms. The van der Waals surface area contributed by atoms with Gasteiger partial charge in [-0.05, 0) is 30.2 Å². The normalized spacial score (nSPS) is 15.7. The van der Waals surface area contributed by atoms with E-state index >= 15 is 0 Å². The van der Waals surface area contributed by atoms with Crippen LogP contribution < -0.4 is 20.8 Å². The second kappa shape index (κ2) is 6.35. The van der Waals surface area contributed by atoms with E-state index in [0.717, 1.165) is 5.56 Å². The Morgan fingerprint density at radius 1 is 1.25 bits per heavy atom. The first kappa shape index (κ1) is 17.5. The summed E-state index contributed by atoms with van der Waals surface area (Å²) in [6.45, 7) is 1.74. The first-order chi connectivity index (χ1) is 13.4. The molecule has 0 aliphatic carbocycles. The van der Waals surface area contributed by atoms with E-state index in [1.165, 1.54) is 12.1 Å². The van der Waals surface area contributed by atoms with E-state index < -0.39 is 11.5 Å². The number of aryl methyl sites for hydroxylation is 1. The van der Waals surface area contributed by atoms with Gasteiger partial charge >= 0.3 is 5.63 Å². The Labute approximate surface area is 159 Å². The van der Waals surface area contributed by atoms with Gasteiger partial charge in [0.05, 0.1) is 24.0 Å². The second-order valence-corrected chi connectivity index (χ2v) is 6.46. The number of fused-ring (bicyclic) bond motifs is 3. The molecule has 0 amide bonds. The van der Waals surface area contributed by atoms with Crippen LogP contribution in [0.1, 0.15) is 22.6 Å². The molecule has 2 aromatic carbocycles. The maximum Gasteiger partial charge on any atom is 0.336 e. The second-order valence-electron chi connectivity index (χ2n) is 6.46. The number of aromatic hydroxyl groups is 1. The van der Waals surface area contributed by atoms with Crippen LogP contribution in [0.15, 0.2) is 57.1 Å². The summed E-state index contributed by atoms with van der Waals surface area (Å²) < 4.78 is 16.1. The van der Waals surface area contributed by atoms with E-state index in [2.05, 4.69) is 6.07 Å².